The molecule has 0 bridgehead atoms. The molecule has 0 atom stereocenters. The molecule has 122 valence electrons. The first kappa shape index (κ1) is 16.6. The van der Waals surface area contributed by atoms with E-state index in [1.807, 2.05) is 37.3 Å². The van der Waals surface area contributed by atoms with Crippen molar-refractivity contribution in [2.45, 2.75) is 11.8 Å². The molecule has 3 rings (SSSR count). The highest BCUT2D eigenvalue weighted by atomic mass is 79.9. The maximum absolute atomic E-state index is 12.6. The molecule has 0 unspecified atom stereocenters. The lowest BCUT2D eigenvalue weighted by molar-refractivity contribution is 0.577. The van der Waals surface area contributed by atoms with Crippen LogP contribution in [0.15, 0.2) is 64.6 Å². The molecule has 1 aromatic heterocycles. The van der Waals surface area contributed by atoms with Gasteiger partial charge in [0.2, 0.25) is 0 Å². The molecular formula is C17H14BrN3O2S. The standard InChI is InChI=1S/C17H14BrN3O2S/c1-13-2-6-15(7-3-13)17-12-21(20-19-17)24(22,23)16-8-4-14(5-9-16)10-11-18/h2-12H,1H3/b11-10-. The lowest BCUT2D eigenvalue weighted by atomic mass is 10.1. The van der Waals surface area contributed by atoms with Crippen LogP contribution in [0, 0.1) is 6.92 Å². The van der Waals surface area contributed by atoms with E-state index in [1.165, 1.54) is 6.20 Å². The average Bonchev–Trinajstić information content (AvgIpc) is 3.07. The zero-order valence-corrected chi connectivity index (χ0v) is 15.2. The molecule has 0 amide bonds. The van der Waals surface area contributed by atoms with Crippen LogP contribution in [0.5, 0.6) is 0 Å². The first-order valence-corrected chi connectivity index (χ1v) is 9.48. The zero-order chi connectivity index (χ0) is 17.2. The molecule has 0 saturated heterocycles. The summed E-state index contributed by atoms with van der Waals surface area (Å²) >= 11 is 3.19. The molecular weight excluding hydrogens is 390 g/mol. The van der Waals surface area contributed by atoms with E-state index in [2.05, 4.69) is 26.2 Å². The summed E-state index contributed by atoms with van der Waals surface area (Å²) in [4.78, 5) is 1.87. The van der Waals surface area contributed by atoms with Crippen molar-refractivity contribution in [1.29, 1.82) is 0 Å². The summed E-state index contributed by atoms with van der Waals surface area (Å²) in [5.74, 6) is 0. The Hall–Kier alpha value is -2.25. The topological polar surface area (TPSA) is 64.8 Å². The van der Waals surface area contributed by atoms with Crippen LogP contribution in [0.4, 0.5) is 0 Å². The summed E-state index contributed by atoms with van der Waals surface area (Å²) in [6.07, 6.45) is 3.24. The van der Waals surface area contributed by atoms with Gasteiger partial charge in [0.15, 0.2) is 0 Å². The summed E-state index contributed by atoms with van der Waals surface area (Å²) in [6, 6.07) is 14.2. The first-order valence-electron chi connectivity index (χ1n) is 7.12. The van der Waals surface area contributed by atoms with Gasteiger partial charge >= 0.3 is 0 Å². The molecule has 3 aromatic rings. The number of rotatable bonds is 4. The summed E-state index contributed by atoms with van der Waals surface area (Å²) in [7, 11) is -3.76. The molecule has 24 heavy (non-hydrogen) atoms. The van der Waals surface area contributed by atoms with Crippen LogP contribution in [0.25, 0.3) is 17.3 Å². The number of benzene rings is 2. The molecule has 0 radical (unpaired) electrons. The quantitative estimate of drug-likeness (QED) is 0.663. The minimum absolute atomic E-state index is 0.162. The third-order valence-corrected chi connectivity index (χ3v) is 5.30. The number of hydrogen-bond acceptors (Lipinski definition) is 4. The highest BCUT2D eigenvalue weighted by Gasteiger charge is 2.19. The summed E-state index contributed by atoms with van der Waals surface area (Å²) in [6.45, 7) is 1.99. The van der Waals surface area contributed by atoms with Gasteiger partial charge in [0, 0.05) is 5.56 Å². The predicted octanol–water partition coefficient (Wildman–Crippen LogP) is 3.86. The minimum Gasteiger partial charge on any atom is -0.199 e. The van der Waals surface area contributed by atoms with Gasteiger partial charge in [-0.15, -0.1) is 9.19 Å². The SMILES string of the molecule is Cc1ccc(-c2cn(S(=O)(=O)c3ccc(/C=C\Br)cc3)nn2)cc1. The van der Waals surface area contributed by atoms with Gasteiger partial charge in [-0.3, -0.25) is 0 Å². The monoisotopic (exact) mass is 403 g/mol. The second-order valence-corrected chi connectivity index (χ2v) is 7.53. The fraction of sp³-hybridized carbons (Fsp3) is 0.0588. The normalized spacial score (nSPS) is 11.9. The van der Waals surface area contributed by atoms with E-state index >= 15 is 0 Å². The Bertz CT molecular complexity index is 975. The number of hydrogen-bond donors (Lipinski definition) is 0. The third-order valence-electron chi connectivity index (χ3n) is 3.50. The van der Waals surface area contributed by atoms with E-state index < -0.39 is 10.0 Å². The zero-order valence-electron chi connectivity index (χ0n) is 12.8. The molecule has 0 aliphatic carbocycles. The third kappa shape index (κ3) is 3.32. The second kappa shape index (κ2) is 6.70. The van der Waals surface area contributed by atoms with Crippen molar-refractivity contribution in [2.75, 3.05) is 0 Å². The highest BCUT2D eigenvalue weighted by molar-refractivity contribution is 9.11. The Morgan fingerprint density at radius 1 is 1.04 bits per heavy atom. The summed E-state index contributed by atoms with van der Waals surface area (Å²) < 4.78 is 26.2. The Morgan fingerprint density at radius 3 is 2.33 bits per heavy atom. The smallest absolute Gasteiger partial charge is 0.199 e. The first-order chi connectivity index (χ1) is 11.5. The predicted molar refractivity (Wildman–Crippen MR) is 97.2 cm³/mol. The van der Waals surface area contributed by atoms with Crippen LogP contribution in [-0.4, -0.2) is 22.8 Å². The molecule has 0 N–H and O–H groups in total. The van der Waals surface area contributed by atoms with Crippen molar-refractivity contribution in [3.05, 3.63) is 70.8 Å². The summed E-state index contributed by atoms with van der Waals surface area (Å²) in [5.41, 5.74) is 3.35. The van der Waals surface area contributed by atoms with Crippen molar-refractivity contribution >= 4 is 32.0 Å². The van der Waals surface area contributed by atoms with Gasteiger partial charge in [0.25, 0.3) is 10.0 Å². The number of aryl methyl sites for hydroxylation is 1. The van der Waals surface area contributed by atoms with Crippen LogP contribution < -0.4 is 0 Å². The fourth-order valence-corrected chi connectivity index (χ4v) is 3.53. The maximum Gasteiger partial charge on any atom is 0.284 e. The van der Waals surface area contributed by atoms with E-state index in [1.54, 1.807) is 29.3 Å². The largest absolute Gasteiger partial charge is 0.284 e. The van der Waals surface area contributed by atoms with Gasteiger partial charge in [-0.25, -0.2) is 0 Å². The Balaban J connectivity index is 1.94. The minimum atomic E-state index is -3.76. The highest BCUT2D eigenvalue weighted by Crippen LogP contribution is 2.20. The molecule has 2 aromatic carbocycles. The van der Waals surface area contributed by atoms with Crippen LogP contribution in [-0.2, 0) is 10.0 Å². The van der Waals surface area contributed by atoms with Gasteiger partial charge in [-0.05, 0) is 35.7 Å². The molecule has 5 nitrogen and oxygen atoms in total. The van der Waals surface area contributed by atoms with E-state index in [0.717, 1.165) is 20.8 Å². The van der Waals surface area contributed by atoms with Crippen molar-refractivity contribution in [3.8, 4) is 11.3 Å². The van der Waals surface area contributed by atoms with Gasteiger partial charge < -0.3 is 0 Å². The van der Waals surface area contributed by atoms with E-state index in [-0.39, 0.29) is 4.90 Å². The van der Waals surface area contributed by atoms with Gasteiger partial charge in [-0.2, -0.15) is 8.42 Å². The molecule has 0 aliphatic rings. The molecule has 0 saturated carbocycles. The Labute approximate surface area is 148 Å². The van der Waals surface area contributed by atoms with E-state index in [4.69, 9.17) is 0 Å². The van der Waals surface area contributed by atoms with Crippen molar-refractivity contribution in [1.82, 2.24) is 14.4 Å². The molecule has 1 heterocycles. The average molecular weight is 404 g/mol. The maximum atomic E-state index is 12.6. The summed E-state index contributed by atoms with van der Waals surface area (Å²) in [5, 5.41) is 7.75. The van der Waals surface area contributed by atoms with Crippen molar-refractivity contribution in [2.24, 2.45) is 0 Å². The van der Waals surface area contributed by atoms with Gasteiger partial charge in [-0.1, -0.05) is 63.1 Å². The molecule has 0 fully saturated rings. The van der Waals surface area contributed by atoms with Crippen molar-refractivity contribution in [3.63, 3.8) is 0 Å². The lowest BCUT2D eigenvalue weighted by Crippen LogP contribution is -2.13. The van der Waals surface area contributed by atoms with Crippen molar-refractivity contribution < 1.29 is 8.42 Å². The van der Waals surface area contributed by atoms with E-state index in [9.17, 15) is 8.42 Å². The van der Waals surface area contributed by atoms with Crippen LogP contribution >= 0.6 is 15.9 Å². The number of halogens is 1. The lowest BCUT2D eigenvalue weighted by Gasteiger charge is -2.03. The Kier molecular flexibility index (Phi) is 4.64. The Morgan fingerprint density at radius 2 is 1.71 bits per heavy atom. The van der Waals surface area contributed by atoms with E-state index in [0.29, 0.717) is 5.69 Å². The van der Waals surface area contributed by atoms with Crippen LogP contribution in [0.1, 0.15) is 11.1 Å². The van der Waals surface area contributed by atoms with Crippen LogP contribution in [0.3, 0.4) is 0 Å². The van der Waals surface area contributed by atoms with Gasteiger partial charge in [0.1, 0.15) is 5.69 Å². The number of aromatic nitrogens is 3. The molecule has 0 aliphatic heterocycles. The number of nitrogens with zero attached hydrogens (tertiary/aromatic N) is 3. The second-order valence-electron chi connectivity index (χ2n) is 5.21. The fourth-order valence-electron chi connectivity index (χ4n) is 2.15. The molecule has 0 spiro atoms. The van der Waals surface area contributed by atoms with Crippen LogP contribution in [0.2, 0.25) is 0 Å². The van der Waals surface area contributed by atoms with Gasteiger partial charge in [0.05, 0.1) is 11.1 Å². The molecule has 7 heteroatoms.